The van der Waals surface area contributed by atoms with Gasteiger partial charge < -0.3 is 9.88 Å². The first-order chi connectivity index (χ1) is 17.5. The Labute approximate surface area is 209 Å². The fourth-order valence-electron chi connectivity index (χ4n) is 5.11. The number of nitrogens with one attached hydrogen (secondary N) is 1. The number of rotatable bonds is 7. The molecule has 186 valence electrons. The molecule has 0 bridgehead atoms. The molecule has 2 unspecified atom stereocenters. The highest BCUT2D eigenvalue weighted by Crippen LogP contribution is 2.23. The van der Waals surface area contributed by atoms with Gasteiger partial charge in [0.05, 0.1) is 12.9 Å². The fraction of sp³-hybridized carbons (Fsp3) is 0.357. The minimum atomic E-state index is -0.534. The van der Waals surface area contributed by atoms with Crippen LogP contribution in [0.25, 0.3) is 11.2 Å². The third-order valence-corrected chi connectivity index (χ3v) is 7.12. The molecule has 1 aliphatic rings. The highest BCUT2D eigenvalue weighted by atomic mass is 16.2. The van der Waals surface area contributed by atoms with Crippen LogP contribution in [0.3, 0.4) is 0 Å². The van der Waals surface area contributed by atoms with Gasteiger partial charge in [-0.3, -0.25) is 14.2 Å². The van der Waals surface area contributed by atoms with Crippen LogP contribution in [0.15, 0.2) is 76.6 Å². The maximum absolute atomic E-state index is 13.6. The van der Waals surface area contributed by atoms with E-state index in [1.165, 1.54) is 11.0 Å². The number of benzene rings is 2. The van der Waals surface area contributed by atoms with Crippen molar-refractivity contribution in [3.63, 3.8) is 0 Å². The van der Waals surface area contributed by atoms with Gasteiger partial charge in [-0.1, -0.05) is 80.4 Å². The molecule has 2 heterocycles. The lowest BCUT2D eigenvalue weighted by Gasteiger charge is -2.29. The van der Waals surface area contributed by atoms with Gasteiger partial charge in [0.1, 0.15) is 6.54 Å². The normalized spacial score (nSPS) is 17.8. The first kappa shape index (κ1) is 23.8. The number of carbonyl (C=O) groups is 1. The summed E-state index contributed by atoms with van der Waals surface area (Å²) in [6, 6.07) is 19.4. The summed E-state index contributed by atoms with van der Waals surface area (Å²) >= 11 is 0. The molecule has 0 saturated heterocycles. The van der Waals surface area contributed by atoms with Crippen molar-refractivity contribution < 1.29 is 4.79 Å². The fourth-order valence-corrected chi connectivity index (χ4v) is 5.11. The van der Waals surface area contributed by atoms with Crippen molar-refractivity contribution in [2.75, 3.05) is 0 Å². The SMILES string of the molecule is CC1CCCCC1NC(=O)Cn1c(=O)c2c(ncn2Cc2ccccc2)n(Cc2ccccc2)c1=O. The number of aromatic nitrogens is 4. The molecular weight excluding hydrogens is 454 g/mol. The van der Waals surface area contributed by atoms with Gasteiger partial charge >= 0.3 is 5.69 Å². The van der Waals surface area contributed by atoms with Gasteiger partial charge in [-0.15, -0.1) is 0 Å². The van der Waals surface area contributed by atoms with E-state index < -0.39 is 11.2 Å². The molecule has 0 spiro atoms. The Bertz CT molecular complexity index is 1470. The summed E-state index contributed by atoms with van der Waals surface area (Å²) in [7, 11) is 0. The molecule has 1 saturated carbocycles. The molecule has 1 fully saturated rings. The molecule has 36 heavy (non-hydrogen) atoms. The van der Waals surface area contributed by atoms with Crippen LogP contribution < -0.4 is 16.6 Å². The Kier molecular flexibility index (Phi) is 6.84. The van der Waals surface area contributed by atoms with Gasteiger partial charge in [-0.2, -0.15) is 0 Å². The predicted molar refractivity (Wildman–Crippen MR) is 139 cm³/mol. The molecule has 2 atom stereocenters. The molecule has 8 heteroatoms. The molecule has 1 aliphatic carbocycles. The minimum Gasteiger partial charge on any atom is -0.352 e. The third-order valence-electron chi connectivity index (χ3n) is 7.12. The van der Waals surface area contributed by atoms with Gasteiger partial charge in [0.25, 0.3) is 5.56 Å². The van der Waals surface area contributed by atoms with E-state index in [2.05, 4.69) is 17.2 Å². The number of imidazole rings is 1. The van der Waals surface area contributed by atoms with E-state index in [0.717, 1.165) is 35.0 Å². The molecule has 0 aliphatic heterocycles. The van der Waals surface area contributed by atoms with Crippen LogP contribution >= 0.6 is 0 Å². The molecule has 5 rings (SSSR count). The van der Waals surface area contributed by atoms with Gasteiger partial charge in [0.2, 0.25) is 5.91 Å². The number of hydrogen-bond donors (Lipinski definition) is 1. The van der Waals surface area contributed by atoms with Crippen molar-refractivity contribution in [2.45, 2.75) is 58.3 Å². The minimum absolute atomic E-state index is 0.0702. The lowest BCUT2D eigenvalue weighted by molar-refractivity contribution is -0.123. The number of amides is 1. The summed E-state index contributed by atoms with van der Waals surface area (Å²) < 4.78 is 4.30. The Balaban J connectivity index is 1.56. The molecule has 0 radical (unpaired) electrons. The first-order valence-electron chi connectivity index (χ1n) is 12.6. The molecule has 2 aromatic carbocycles. The predicted octanol–water partition coefficient (Wildman–Crippen LogP) is 3.15. The van der Waals surface area contributed by atoms with Gasteiger partial charge in [0.15, 0.2) is 11.2 Å². The van der Waals surface area contributed by atoms with Crippen LogP contribution in [0.4, 0.5) is 0 Å². The van der Waals surface area contributed by atoms with Crippen molar-refractivity contribution in [2.24, 2.45) is 5.92 Å². The van der Waals surface area contributed by atoms with E-state index in [9.17, 15) is 14.4 Å². The molecule has 2 aromatic heterocycles. The van der Waals surface area contributed by atoms with Gasteiger partial charge in [0, 0.05) is 12.6 Å². The van der Waals surface area contributed by atoms with Crippen molar-refractivity contribution in [1.82, 2.24) is 24.0 Å². The van der Waals surface area contributed by atoms with E-state index in [1.807, 2.05) is 60.7 Å². The lowest BCUT2D eigenvalue weighted by atomic mass is 9.86. The van der Waals surface area contributed by atoms with E-state index in [-0.39, 0.29) is 25.0 Å². The van der Waals surface area contributed by atoms with E-state index in [0.29, 0.717) is 23.6 Å². The topological polar surface area (TPSA) is 90.9 Å². The Hall–Kier alpha value is -3.94. The monoisotopic (exact) mass is 485 g/mol. The van der Waals surface area contributed by atoms with Crippen molar-refractivity contribution in [3.05, 3.63) is 99.0 Å². The number of hydrogen-bond acceptors (Lipinski definition) is 4. The molecular formula is C28H31N5O3. The smallest absolute Gasteiger partial charge is 0.333 e. The third kappa shape index (κ3) is 4.89. The molecule has 1 amide bonds. The summed E-state index contributed by atoms with van der Waals surface area (Å²) in [4.78, 5) is 44.7. The maximum atomic E-state index is 13.6. The largest absolute Gasteiger partial charge is 0.352 e. The average molecular weight is 486 g/mol. The highest BCUT2D eigenvalue weighted by Gasteiger charge is 2.25. The van der Waals surface area contributed by atoms with Crippen LogP contribution in [0.5, 0.6) is 0 Å². The average Bonchev–Trinajstić information content (AvgIpc) is 3.30. The van der Waals surface area contributed by atoms with Crippen LogP contribution in [0.2, 0.25) is 0 Å². The van der Waals surface area contributed by atoms with Crippen LogP contribution in [0, 0.1) is 5.92 Å². The Morgan fingerprint density at radius 3 is 2.22 bits per heavy atom. The summed E-state index contributed by atoms with van der Waals surface area (Å²) in [6.45, 7) is 2.50. The zero-order valence-electron chi connectivity index (χ0n) is 20.5. The molecule has 1 N–H and O–H groups in total. The standard InChI is InChI=1S/C28H31N5O3/c1-20-10-8-9-15-23(20)30-24(34)18-33-27(35)25-26(29-19-31(25)16-21-11-4-2-5-12-21)32(28(33)36)17-22-13-6-3-7-14-22/h2-7,11-14,19-20,23H,8-10,15-18H2,1H3,(H,30,34). The van der Waals surface area contributed by atoms with Crippen molar-refractivity contribution in [3.8, 4) is 0 Å². The van der Waals surface area contributed by atoms with E-state index in [4.69, 9.17) is 0 Å². The maximum Gasteiger partial charge on any atom is 0.333 e. The summed E-state index contributed by atoms with van der Waals surface area (Å²) in [5.41, 5.74) is 1.51. The summed E-state index contributed by atoms with van der Waals surface area (Å²) in [5, 5.41) is 3.07. The summed E-state index contributed by atoms with van der Waals surface area (Å²) in [6.07, 6.45) is 5.82. The molecule has 8 nitrogen and oxygen atoms in total. The Morgan fingerprint density at radius 1 is 0.917 bits per heavy atom. The highest BCUT2D eigenvalue weighted by molar-refractivity contribution is 5.77. The van der Waals surface area contributed by atoms with Crippen LogP contribution in [0.1, 0.15) is 43.7 Å². The second-order valence-electron chi connectivity index (χ2n) is 9.71. The zero-order chi connectivity index (χ0) is 25.1. The van der Waals surface area contributed by atoms with Crippen molar-refractivity contribution >= 4 is 17.1 Å². The van der Waals surface area contributed by atoms with Crippen molar-refractivity contribution in [1.29, 1.82) is 0 Å². The second kappa shape index (κ2) is 10.4. The van der Waals surface area contributed by atoms with Gasteiger partial charge in [-0.25, -0.2) is 14.3 Å². The van der Waals surface area contributed by atoms with E-state index in [1.54, 1.807) is 10.9 Å². The quantitative estimate of drug-likeness (QED) is 0.435. The number of carbonyl (C=O) groups excluding carboxylic acids is 1. The van der Waals surface area contributed by atoms with E-state index >= 15 is 0 Å². The second-order valence-corrected chi connectivity index (χ2v) is 9.71. The number of fused-ring (bicyclic) bond motifs is 1. The first-order valence-corrected chi connectivity index (χ1v) is 12.6. The van der Waals surface area contributed by atoms with Crippen LogP contribution in [-0.2, 0) is 24.4 Å². The number of nitrogens with zero attached hydrogens (tertiary/aromatic N) is 4. The van der Waals surface area contributed by atoms with Crippen LogP contribution in [-0.4, -0.2) is 30.6 Å². The lowest BCUT2D eigenvalue weighted by Crippen LogP contribution is -2.47. The molecule has 4 aromatic rings. The zero-order valence-corrected chi connectivity index (χ0v) is 20.5. The Morgan fingerprint density at radius 2 is 1.56 bits per heavy atom. The van der Waals surface area contributed by atoms with Gasteiger partial charge in [-0.05, 0) is 29.9 Å². The summed E-state index contributed by atoms with van der Waals surface area (Å²) in [5.74, 6) is 0.0663.